The first-order valence-electron chi connectivity index (χ1n) is 4.79. The largest absolute Gasteiger partial charge is 0.330 e. The van der Waals surface area contributed by atoms with Gasteiger partial charge in [0.05, 0.1) is 0 Å². The summed E-state index contributed by atoms with van der Waals surface area (Å²) >= 11 is 0. The normalized spacial score (nSPS) is 16.4. The van der Waals surface area contributed by atoms with Crippen LogP contribution >= 0.6 is 0 Å². The summed E-state index contributed by atoms with van der Waals surface area (Å²) in [7, 11) is 0. The Morgan fingerprint density at radius 3 is 2.79 bits per heavy atom. The van der Waals surface area contributed by atoms with Gasteiger partial charge in [0.25, 0.3) is 0 Å². The van der Waals surface area contributed by atoms with Crippen molar-refractivity contribution in [3.63, 3.8) is 0 Å². The van der Waals surface area contributed by atoms with Crippen LogP contribution in [0, 0.1) is 18.2 Å². The van der Waals surface area contributed by atoms with Gasteiger partial charge in [-0.05, 0) is 31.0 Å². The second-order valence-corrected chi connectivity index (χ2v) is 3.64. The van der Waals surface area contributed by atoms with Crippen molar-refractivity contribution < 1.29 is 4.39 Å². The lowest BCUT2D eigenvalue weighted by Crippen LogP contribution is -2.23. The molecule has 0 amide bonds. The zero-order valence-electron chi connectivity index (χ0n) is 8.18. The molecule has 74 valence electrons. The highest BCUT2D eigenvalue weighted by Gasteiger charge is 2.18. The lowest BCUT2D eigenvalue weighted by molar-refractivity contribution is 0.618. The summed E-state index contributed by atoms with van der Waals surface area (Å²) in [6, 6.07) is 5.14. The Labute approximate surface area is 82.9 Å². The first-order chi connectivity index (χ1) is 6.68. The molecule has 1 aliphatic rings. The van der Waals surface area contributed by atoms with Gasteiger partial charge in [0.15, 0.2) is 0 Å². The van der Waals surface area contributed by atoms with Crippen molar-refractivity contribution in [2.45, 2.75) is 19.8 Å². The maximum atomic E-state index is 13.3. The van der Waals surface area contributed by atoms with E-state index < -0.39 is 0 Å². The fourth-order valence-corrected chi connectivity index (χ4v) is 1.71. The molecule has 0 aromatic heterocycles. The molecule has 1 aromatic rings. The van der Waals surface area contributed by atoms with Crippen LogP contribution in [0.2, 0.25) is 0 Å². The third kappa shape index (κ3) is 1.50. The Bertz CT molecular complexity index is 374. The Morgan fingerprint density at radius 1 is 1.43 bits per heavy atom. The van der Waals surface area contributed by atoms with E-state index in [0.717, 1.165) is 25.1 Å². The highest BCUT2D eigenvalue weighted by molar-refractivity contribution is 5.97. The number of hydrogen-bond acceptors (Lipinski definition) is 1. The Morgan fingerprint density at radius 2 is 2.21 bits per heavy atom. The summed E-state index contributed by atoms with van der Waals surface area (Å²) in [6.07, 6.45) is 1.80. The predicted molar refractivity (Wildman–Crippen MR) is 55.4 cm³/mol. The topological polar surface area (TPSA) is 27.1 Å². The molecule has 0 atom stereocenters. The van der Waals surface area contributed by atoms with Gasteiger partial charge in [0.1, 0.15) is 11.7 Å². The van der Waals surface area contributed by atoms with Gasteiger partial charge in [-0.25, -0.2) is 4.39 Å². The molecule has 1 fully saturated rings. The number of nitrogens with one attached hydrogen (secondary N) is 1. The van der Waals surface area contributed by atoms with Crippen LogP contribution in [0.4, 0.5) is 10.1 Å². The number of anilines is 1. The highest BCUT2D eigenvalue weighted by Crippen LogP contribution is 2.23. The van der Waals surface area contributed by atoms with Crippen molar-refractivity contribution in [1.82, 2.24) is 0 Å². The number of amidine groups is 1. The number of aryl methyl sites for hydroxylation is 1. The fraction of sp³-hybridized carbons (Fsp3) is 0.364. The Balaban J connectivity index is 2.32. The van der Waals surface area contributed by atoms with E-state index in [4.69, 9.17) is 5.41 Å². The van der Waals surface area contributed by atoms with Gasteiger partial charge in [-0.15, -0.1) is 0 Å². The second-order valence-electron chi connectivity index (χ2n) is 3.64. The van der Waals surface area contributed by atoms with Crippen LogP contribution in [-0.4, -0.2) is 12.4 Å². The third-order valence-electron chi connectivity index (χ3n) is 2.59. The molecule has 0 radical (unpaired) electrons. The van der Waals surface area contributed by atoms with Crippen molar-refractivity contribution in [1.29, 1.82) is 5.41 Å². The average molecular weight is 192 g/mol. The molecular formula is C11H13FN2. The molecule has 1 saturated heterocycles. The van der Waals surface area contributed by atoms with Crippen LogP contribution in [-0.2, 0) is 0 Å². The van der Waals surface area contributed by atoms with Crippen molar-refractivity contribution >= 4 is 11.5 Å². The molecule has 0 spiro atoms. The van der Waals surface area contributed by atoms with Gasteiger partial charge in [0.2, 0.25) is 0 Å². The van der Waals surface area contributed by atoms with Crippen molar-refractivity contribution in [2.75, 3.05) is 11.4 Å². The van der Waals surface area contributed by atoms with Gasteiger partial charge < -0.3 is 4.90 Å². The van der Waals surface area contributed by atoms with Crippen LogP contribution < -0.4 is 4.90 Å². The molecule has 0 unspecified atom stereocenters. The quantitative estimate of drug-likeness (QED) is 0.727. The maximum Gasteiger partial charge on any atom is 0.128 e. The highest BCUT2D eigenvalue weighted by atomic mass is 19.1. The minimum Gasteiger partial charge on any atom is -0.330 e. The van der Waals surface area contributed by atoms with Crippen LogP contribution in [0.25, 0.3) is 0 Å². The van der Waals surface area contributed by atoms with E-state index in [1.807, 2.05) is 11.0 Å². The number of hydrogen-bond donors (Lipinski definition) is 1. The zero-order chi connectivity index (χ0) is 10.1. The molecule has 14 heavy (non-hydrogen) atoms. The van der Waals surface area contributed by atoms with E-state index in [2.05, 4.69) is 0 Å². The van der Waals surface area contributed by atoms with Crippen LogP contribution in [0.3, 0.4) is 0 Å². The Kier molecular flexibility index (Phi) is 2.23. The van der Waals surface area contributed by atoms with Crippen molar-refractivity contribution in [3.8, 4) is 0 Å². The van der Waals surface area contributed by atoms with Crippen molar-refractivity contribution in [2.24, 2.45) is 0 Å². The molecule has 1 aromatic carbocycles. The first kappa shape index (κ1) is 9.19. The van der Waals surface area contributed by atoms with Crippen molar-refractivity contribution in [3.05, 3.63) is 29.6 Å². The number of rotatable bonds is 1. The lowest BCUT2D eigenvalue weighted by Gasteiger charge is -2.18. The average Bonchev–Trinajstić information content (AvgIpc) is 2.57. The standard InChI is InChI=1S/C11H13FN2/c1-8-4-5-9(7-10(8)12)14-6-2-3-11(14)13/h4-5,7,13H,2-3,6H2,1H3. The SMILES string of the molecule is Cc1ccc(N2CCCC2=N)cc1F. The summed E-state index contributed by atoms with van der Waals surface area (Å²) in [4.78, 5) is 1.86. The molecule has 1 heterocycles. The molecule has 2 nitrogen and oxygen atoms in total. The zero-order valence-corrected chi connectivity index (χ0v) is 8.18. The van der Waals surface area contributed by atoms with E-state index >= 15 is 0 Å². The van der Waals surface area contributed by atoms with E-state index in [-0.39, 0.29) is 5.82 Å². The van der Waals surface area contributed by atoms with Crippen LogP contribution in [0.15, 0.2) is 18.2 Å². The van der Waals surface area contributed by atoms with E-state index in [0.29, 0.717) is 11.4 Å². The molecule has 0 saturated carbocycles. The summed E-state index contributed by atoms with van der Waals surface area (Å²) in [5, 5.41) is 7.67. The summed E-state index contributed by atoms with van der Waals surface area (Å²) in [5.41, 5.74) is 1.45. The van der Waals surface area contributed by atoms with Gasteiger partial charge >= 0.3 is 0 Å². The van der Waals surface area contributed by atoms with Gasteiger partial charge in [-0.2, -0.15) is 0 Å². The minimum atomic E-state index is -0.192. The third-order valence-corrected chi connectivity index (χ3v) is 2.59. The molecule has 0 aliphatic carbocycles. The predicted octanol–water partition coefficient (Wildman–Crippen LogP) is 2.71. The van der Waals surface area contributed by atoms with E-state index in [9.17, 15) is 4.39 Å². The van der Waals surface area contributed by atoms with Crippen LogP contribution in [0.5, 0.6) is 0 Å². The molecule has 2 rings (SSSR count). The second kappa shape index (κ2) is 3.40. The molecule has 1 N–H and O–H groups in total. The Hall–Kier alpha value is -1.38. The maximum absolute atomic E-state index is 13.3. The molecular weight excluding hydrogens is 179 g/mol. The number of nitrogens with zero attached hydrogens (tertiary/aromatic N) is 1. The van der Waals surface area contributed by atoms with Gasteiger partial charge in [-0.3, -0.25) is 5.41 Å². The minimum absolute atomic E-state index is 0.192. The molecule has 3 heteroatoms. The number of benzene rings is 1. The summed E-state index contributed by atoms with van der Waals surface area (Å²) < 4.78 is 13.3. The smallest absolute Gasteiger partial charge is 0.128 e. The fourth-order valence-electron chi connectivity index (χ4n) is 1.71. The van der Waals surface area contributed by atoms with Gasteiger partial charge in [-0.1, -0.05) is 6.07 Å². The summed E-state index contributed by atoms with van der Waals surface area (Å²) in [5.74, 6) is 0.399. The van der Waals surface area contributed by atoms with Crippen LogP contribution in [0.1, 0.15) is 18.4 Å². The molecule has 0 bridgehead atoms. The van der Waals surface area contributed by atoms with Gasteiger partial charge in [0, 0.05) is 18.7 Å². The van der Waals surface area contributed by atoms with E-state index in [1.165, 1.54) is 6.07 Å². The number of halogens is 1. The monoisotopic (exact) mass is 192 g/mol. The first-order valence-corrected chi connectivity index (χ1v) is 4.79. The lowest BCUT2D eigenvalue weighted by atomic mass is 10.2. The molecule has 1 aliphatic heterocycles. The van der Waals surface area contributed by atoms with E-state index in [1.54, 1.807) is 13.0 Å². The summed E-state index contributed by atoms with van der Waals surface area (Å²) in [6.45, 7) is 2.58.